The number of halogens is 1. The van der Waals surface area contributed by atoms with Crippen molar-refractivity contribution in [3.8, 4) is 21.9 Å². The second-order valence-electron chi connectivity index (χ2n) is 3.69. The van der Waals surface area contributed by atoms with Gasteiger partial charge in [0.25, 0.3) is 0 Å². The summed E-state index contributed by atoms with van der Waals surface area (Å²) in [5.41, 5.74) is 7.62. The number of rotatable bonds is 1. The van der Waals surface area contributed by atoms with Gasteiger partial charge in [0.2, 0.25) is 0 Å². The highest BCUT2D eigenvalue weighted by molar-refractivity contribution is 7.19. The van der Waals surface area contributed by atoms with Crippen molar-refractivity contribution in [2.45, 2.75) is 0 Å². The Morgan fingerprint density at radius 3 is 2.47 bits per heavy atom. The van der Waals surface area contributed by atoms with Crippen LogP contribution in [0.1, 0.15) is 0 Å². The molecule has 0 bridgehead atoms. The Kier molecular flexibility index (Phi) is 2.61. The van der Waals surface area contributed by atoms with Gasteiger partial charge in [0.05, 0.1) is 4.34 Å². The van der Waals surface area contributed by atoms with E-state index in [1.807, 2.05) is 18.2 Å². The molecule has 0 saturated heterocycles. The number of hydrogen-bond donors (Lipinski definition) is 1. The maximum atomic E-state index is 6.01. The molecule has 17 heavy (non-hydrogen) atoms. The summed E-state index contributed by atoms with van der Waals surface area (Å²) in [6.45, 7) is 1.14. The van der Waals surface area contributed by atoms with Gasteiger partial charge in [-0.3, -0.25) is 0 Å². The molecule has 2 aromatic rings. The molecule has 0 spiro atoms. The molecule has 0 atom stereocenters. The molecular weight excluding hydrogens is 258 g/mol. The summed E-state index contributed by atoms with van der Waals surface area (Å²) in [4.78, 5) is 1.03. The number of thiophene rings is 1. The van der Waals surface area contributed by atoms with E-state index in [9.17, 15) is 0 Å². The van der Waals surface area contributed by atoms with Crippen molar-refractivity contribution < 1.29 is 9.47 Å². The number of anilines is 1. The van der Waals surface area contributed by atoms with Crippen LogP contribution in [0.4, 0.5) is 5.69 Å². The maximum absolute atomic E-state index is 6.01. The zero-order valence-electron chi connectivity index (χ0n) is 8.90. The van der Waals surface area contributed by atoms with E-state index in [4.69, 9.17) is 26.8 Å². The van der Waals surface area contributed by atoms with E-state index < -0.39 is 0 Å². The number of nitrogen functional groups attached to an aromatic ring is 1. The molecule has 0 fully saturated rings. The highest BCUT2D eigenvalue weighted by atomic mass is 35.5. The predicted octanol–water partition coefficient (Wildman–Crippen LogP) is 3.42. The lowest BCUT2D eigenvalue weighted by atomic mass is 10.1. The van der Waals surface area contributed by atoms with Crippen LogP contribution in [0.5, 0.6) is 11.5 Å². The van der Waals surface area contributed by atoms with E-state index in [0.29, 0.717) is 24.7 Å². The van der Waals surface area contributed by atoms with Crippen LogP contribution in [0.3, 0.4) is 0 Å². The topological polar surface area (TPSA) is 44.5 Å². The minimum absolute atomic E-state index is 0.566. The van der Waals surface area contributed by atoms with Crippen LogP contribution in [-0.4, -0.2) is 13.2 Å². The minimum Gasteiger partial charge on any atom is -0.486 e. The van der Waals surface area contributed by atoms with Gasteiger partial charge in [-0.2, -0.15) is 0 Å². The summed E-state index contributed by atoms with van der Waals surface area (Å²) >= 11 is 7.42. The van der Waals surface area contributed by atoms with E-state index in [0.717, 1.165) is 20.5 Å². The number of benzene rings is 1. The Hall–Kier alpha value is -1.39. The van der Waals surface area contributed by atoms with Crippen molar-refractivity contribution >= 4 is 28.6 Å². The largest absolute Gasteiger partial charge is 0.486 e. The van der Waals surface area contributed by atoms with Gasteiger partial charge < -0.3 is 15.2 Å². The van der Waals surface area contributed by atoms with Crippen molar-refractivity contribution in [2.24, 2.45) is 0 Å². The summed E-state index contributed by atoms with van der Waals surface area (Å²) in [6, 6.07) is 7.52. The van der Waals surface area contributed by atoms with Gasteiger partial charge >= 0.3 is 0 Å². The van der Waals surface area contributed by atoms with E-state index in [2.05, 4.69) is 0 Å². The van der Waals surface area contributed by atoms with Crippen molar-refractivity contribution in [1.29, 1.82) is 0 Å². The molecule has 0 aliphatic carbocycles. The molecule has 1 aromatic carbocycles. The fourth-order valence-electron chi connectivity index (χ4n) is 1.78. The van der Waals surface area contributed by atoms with E-state index in [1.54, 1.807) is 6.07 Å². The van der Waals surface area contributed by atoms with Crippen molar-refractivity contribution in [1.82, 2.24) is 0 Å². The number of ether oxygens (including phenoxy) is 2. The average molecular weight is 268 g/mol. The van der Waals surface area contributed by atoms with Gasteiger partial charge in [0.1, 0.15) is 13.2 Å². The molecule has 0 radical (unpaired) electrons. The Morgan fingerprint density at radius 1 is 1.12 bits per heavy atom. The molecular formula is C12H10ClNO2S. The highest BCUT2D eigenvalue weighted by Crippen LogP contribution is 2.41. The molecule has 0 unspecified atom stereocenters. The van der Waals surface area contributed by atoms with Crippen LogP contribution in [0.2, 0.25) is 4.34 Å². The third-order valence-electron chi connectivity index (χ3n) is 2.55. The Bertz CT molecular complexity index is 568. The zero-order chi connectivity index (χ0) is 11.8. The minimum atomic E-state index is 0.566. The molecule has 1 aromatic heterocycles. The molecule has 5 heteroatoms. The van der Waals surface area contributed by atoms with Crippen LogP contribution in [0.25, 0.3) is 10.4 Å². The van der Waals surface area contributed by atoms with Crippen LogP contribution < -0.4 is 15.2 Å². The van der Waals surface area contributed by atoms with Gasteiger partial charge in [0.15, 0.2) is 11.5 Å². The molecule has 88 valence electrons. The standard InChI is InChI=1S/C12H10ClNO2S/c13-12-2-1-11(17-12)7-5-9-10(6-8(7)14)16-4-3-15-9/h1-2,5-6H,3-4,14H2. The van der Waals surface area contributed by atoms with Gasteiger partial charge in [-0.1, -0.05) is 11.6 Å². The van der Waals surface area contributed by atoms with Crippen LogP contribution in [-0.2, 0) is 0 Å². The molecule has 2 N–H and O–H groups in total. The fraction of sp³-hybridized carbons (Fsp3) is 0.167. The van der Waals surface area contributed by atoms with Gasteiger partial charge in [-0.15, -0.1) is 11.3 Å². The summed E-state index contributed by atoms with van der Waals surface area (Å²) in [6.07, 6.45) is 0. The van der Waals surface area contributed by atoms with Crippen molar-refractivity contribution in [2.75, 3.05) is 18.9 Å². The molecule has 0 amide bonds. The van der Waals surface area contributed by atoms with Gasteiger partial charge in [-0.05, 0) is 18.2 Å². The van der Waals surface area contributed by atoms with Crippen molar-refractivity contribution in [3.05, 3.63) is 28.6 Å². The van der Waals surface area contributed by atoms with Gasteiger partial charge in [0, 0.05) is 22.2 Å². The van der Waals surface area contributed by atoms with Crippen molar-refractivity contribution in [3.63, 3.8) is 0 Å². The normalized spacial score (nSPS) is 13.7. The predicted molar refractivity (Wildman–Crippen MR) is 70.2 cm³/mol. The zero-order valence-corrected chi connectivity index (χ0v) is 10.5. The first-order valence-corrected chi connectivity index (χ1v) is 6.38. The quantitative estimate of drug-likeness (QED) is 0.805. The number of fused-ring (bicyclic) bond motifs is 1. The molecule has 1 aliphatic heterocycles. The Labute approximate surface area is 108 Å². The third-order valence-corrected chi connectivity index (χ3v) is 3.82. The number of nitrogens with two attached hydrogens (primary N) is 1. The summed E-state index contributed by atoms with van der Waals surface area (Å²) in [5, 5.41) is 0. The van der Waals surface area contributed by atoms with E-state index >= 15 is 0 Å². The monoisotopic (exact) mass is 267 g/mol. The summed E-state index contributed by atoms with van der Waals surface area (Å²) < 4.78 is 11.8. The van der Waals surface area contributed by atoms with E-state index in [-0.39, 0.29) is 0 Å². The van der Waals surface area contributed by atoms with E-state index in [1.165, 1.54) is 11.3 Å². The first kappa shape index (κ1) is 10.7. The third kappa shape index (κ3) is 1.94. The lowest BCUT2D eigenvalue weighted by Crippen LogP contribution is -2.15. The lowest BCUT2D eigenvalue weighted by molar-refractivity contribution is 0.172. The second-order valence-corrected chi connectivity index (χ2v) is 5.40. The summed E-state index contributed by atoms with van der Waals surface area (Å²) in [5.74, 6) is 1.45. The van der Waals surface area contributed by atoms with Crippen LogP contribution in [0.15, 0.2) is 24.3 Å². The van der Waals surface area contributed by atoms with Crippen LogP contribution >= 0.6 is 22.9 Å². The Morgan fingerprint density at radius 2 is 1.82 bits per heavy atom. The molecule has 1 aliphatic rings. The molecule has 3 rings (SSSR count). The maximum Gasteiger partial charge on any atom is 0.163 e. The fourth-order valence-corrected chi connectivity index (χ4v) is 2.86. The second kappa shape index (κ2) is 4.13. The van der Waals surface area contributed by atoms with Crippen LogP contribution in [0, 0.1) is 0 Å². The SMILES string of the molecule is Nc1cc2c(cc1-c1ccc(Cl)s1)OCCO2. The Balaban J connectivity index is 2.11. The molecule has 2 heterocycles. The first-order valence-electron chi connectivity index (χ1n) is 5.19. The lowest BCUT2D eigenvalue weighted by Gasteiger charge is -2.19. The highest BCUT2D eigenvalue weighted by Gasteiger charge is 2.16. The summed E-state index contributed by atoms with van der Waals surface area (Å²) in [7, 11) is 0. The average Bonchev–Trinajstić information content (AvgIpc) is 2.75. The smallest absolute Gasteiger partial charge is 0.163 e. The van der Waals surface area contributed by atoms with Gasteiger partial charge in [-0.25, -0.2) is 0 Å². The first-order chi connectivity index (χ1) is 8.24. The molecule has 3 nitrogen and oxygen atoms in total. The molecule has 0 saturated carbocycles. The number of hydrogen-bond acceptors (Lipinski definition) is 4.